The minimum absolute atomic E-state index is 0.0207. The minimum Gasteiger partial charge on any atom is -0.507 e. The molecular formula is C25H21Cl2N3O5. The van der Waals surface area contributed by atoms with E-state index in [4.69, 9.17) is 32.7 Å². The molecular weight excluding hydrogens is 493 g/mol. The third kappa shape index (κ3) is 4.47. The topological polar surface area (TPSA) is 93.9 Å². The van der Waals surface area contributed by atoms with Gasteiger partial charge in [0.05, 0.1) is 28.0 Å². The molecule has 180 valence electrons. The van der Waals surface area contributed by atoms with Crippen molar-refractivity contribution in [2.75, 3.05) is 19.8 Å². The van der Waals surface area contributed by atoms with Crippen LogP contribution in [0, 0.1) is 0 Å². The van der Waals surface area contributed by atoms with Crippen molar-refractivity contribution in [2.24, 2.45) is 0 Å². The second-order valence-corrected chi connectivity index (χ2v) is 8.99. The number of imidazole rings is 1. The lowest BCUT2D eigenvalue weighted by atomic mass is 9.95. The summed E-state index contributed by atoms with van der Waals surface area (Å²) in [5.41, 5.74) is 0.892. The summed E-state index contributed by atoms with van der Waals surface area (Å²) in [4.78, 5) is 31.8. The van der Waals surface area contributed by atoms with Gasteiger partial charge in [-0.25, -0.2) is 4.98 Å². The zero-order valence-corrected chi connectivity index (χ0v) is 20.0. The number of amides is 1. The second kappa shape index (κ2) is 9.64. The summed E-state index contributed by atoms with van der Waals surface area (Å²) in [6.45, 7) is 1.70. The van der Waals surface area contributed by atoms with Crippen molar-refractivity contribution in [3.8, 4) is 11.5 Å². The Labute approximate surface area is 211 Å². The number of aromatic nitrogens is 2. The van der Waals surface area contributed by atoms with E-state index < -0.39 is 17.7 Å². The van der Waals surface area contributed by atoms with Crippen molar-refractivity contribution >= 4 is 40.7 Å². The first-order valence-electron chi connectivity index (χ1n) is 11.0. The van der Waals surface area contributed by atoms with Gasteiger partial charge in [-0.1, -0.05) is 29.3 Å². The Balaban J connectivity index is 1.55. The normalized spacial score (nSPS) is 18.8. The summed E-state index contributed by atoms with van der Waals surface area (Å²) in [7, 11) is 0. The zero-order valence-electron chi connectivity index (χ0n) is 18.5. The van der Waals surface area contributed by atoms with Crippen molar-refractivity contribution in [2.45, 2.75) is 19.0 Å². The zero-order chi connectivity index (χ0) is 24.5. The third-order valence-corrected chi connectivity index (χ3v) is 6.73. The van der Waals surface area contributed by atoms with Crippen LogP contribution >= 0.6 is 23.2 Å². The first-order valence-corrected chi connectivity index (χ1v) is 11.8. The number of aliphatic hydroxyl groups is 1. The van der Waals surface area contributed by atoms with Crippen LogP contribution < -0.4 is 9.47 Å². The molecule has 2 aliphatic heterocycles. The number of ketones is 1. The van der Waals surface area contributed by atoms with Crippen LogP contribution in [0.3, 0.4) is 0 Å². The molecule has 1 atom stereocenters. The molecule has 1 amide bonds. The van der Waals surface area contributed by atoms with Crippen LogP contribution in [0.25, 0.3) is 5.76 Å². The fourth-order valence-corrected chi connectivity index (χ4v) is 4.63. The Bertz CT molecular complexity index is 1320. The van der Waals surface area contributed by atoms with E-state index in [9.17, 15) is 14.7 Å². The predicted molar refractivity (Wildman–Crippen MR) is 130 cm³/mol. The molecule has 0 aliphatic carbocycles. The van der Waals surface area contributed by atoms with E-state index in [2.05, 4.69) is 4.98 Å². The standard InChI is InChI=1S/C25H21Cl2N3O5/c26-17-4-2-15(12-18(17)27)22-21(23(31)16-3-5-19-20(13-16)35-11-10-34-19)24(32)25(33)30(22)8-1-7-29-9-6-28-14-29/h2-6,9,12-14,22,31H,1,7-8,10-11H2/b23-21+/t22-/m1/s1. The van der Waals surface area contributed by atoms with Gasteiger partial charge in [0, 0.05) is 31.0 Å². The lowest BCUT2D eigenvalue weighted by Crippen LogP contribution is -2.31. The van der Waals surface area contributed by atoms with Gasteiger partial charge < -0.3 is 24.0 Å². The summed E-state index contributed by atoms with van der Waals surface area (Å²) < 4.78 is 13.0. The van der Waals surface area contributed by atoms with E-state index in [1.807, 2.05) is 10.8 Å². The number of Topliss-reactive ketones (excluding diaryl/α,β-unsaturated/α-hetero) is 1. The summed E-state index contributed by atoms with van der Waals surface area (Å²) in [6, 6.07) is 8.98. The number of halogens is 2. The van der Waals surface area contributed by atoms with E-state index in [-0.39, 0.29) is 22.9 Å². The Morgan fingerprint density at radius 2 is 1.83 bits per heavy atom. The van der Waals surface area contributed by atoms with Gasteiger partial charge >= 0.3 is 0 Å². The first-order chi connectivity index (χ1) is 16.9. The fraction of sp³-hybridized carbons (Fsp3) is 0.240. The van der Waals surface area contributed by atoms with Crippen LogP contribution in [0.2, 0.25) is 10.0 Å². The number of rotatable bonds is 6. The van der Waals surface area contributed by atoms with Gasteiger partial charge in [0.15, 0.2) is 11.5 Å². The molecule has 3 heterocycles. The van der Waals surface area contributed by atoms with Crippen LogP contribution in [0.1, 0.15) is 23.6 Å². The molecule has 2 aliphatic rings. The number of carbonyl (C=O) groups is 2. The van der Waals surface area contributed by atoms with Crippen molar-refractivity contribution in [1.82, 2.24) is 14.5 Å². The van der Waals surface area contributed by atoms with Gasteiger partial charge in [0.25, 0.3) is 11.7 Å². The number of likely N-dealkylation sites (tertiary alicyclic amines) is 1. The SMILES string of the molecule is O=C1C(=O)N(CCCn2ccnc2)[C@H](c2ccc(Cl)c(Cl)c2)/C1=C(\O)c1ccc2c(c1)OCCO2. The number of carbonyl (C=O) groups excluding carboxylic acids is 2. The monoisotopic (exact) mass is 513 g/mol. The highest BCUT2D eigenvalue weighted by atomic mass is 35.5. The molecule has 8 nitrogen and oxygen atoms in total. The molecule has 0 spiro atoms. The highest BCUT2D eigenvalue weighted by molar-refractivity contribution is 6.46. The molecule has 1 fully saturated rings. The quantitative estimate of drug-likeness (QED) is 0.296. The smallest absolute Gasteiger partial charge is 0.295 e. The van der Waals surface area contributed by atoms with Gasteiger partial charge in [-0.05, 0) is 42.3 Å². The van der Waals surface area contributed by atoms with E-state index in [1.54, 1.807) is 48.9 Å². The largest absolute Gasteiger partial charge is 0.507 e. The third-order valence-electron chi connectivity index (χ3n) is 5.99. The predicted octanol–water partition coefficient (Wildman–Crippen LogP) is 4.47. The van der Waals surface area contributed by atoms with Gasteiger partial charge in [0.1, 0.15) is 19.0 Å². The van der Waals surface area contributed by atoms with E-state index in [0.717, 1.165) is 0 Å². The Kier molecular flexibility index (Phi) is 6.40. The van der Waals surface area contributed by atoms with Crippen molar-refractivity contribution < 1.29 is 24.2 Å². The summed E-state index contributed by atoms with van der Waals surface area (Å²) in [6.07, 6.45) is 5.76. The molecule has 1 N–H and O–H groups in total. The molecule has 0 radical (unpaired) electrons. The number of aryl methyl sites for hydroxylation is 1. The van der Waals surface area contributed by atoms with Crippen LogP contribution in [0.4, 0.5) is 0 Å². The van der Waals surface area contributed by atoms with Gasteiger partial charge in [-0.2, -0.15) is 0 Å². The second-order valence-electron chi connectivity index (χ2n) is 8.18. The van der Waals surface area contributed by atoms with Crippen LogP contribution in [-0.4, -0.2) is 51.0 Å². The average molecular weight is 514 g/mol. The first kappa shape index (κ1) is 23.3. The Morgan fingerprint density at radius 3 is 2.57 bits per heavy atom. The summed E-state index contributed by atoms with van der Waals surface area (Å²) >= 11 is 12.4. The minimum atomic E-state index is -0.833. The molecule has 0 bridgehead atoms. The molecule has 0 unspecified atom stereocenters. The molecule has 1 saturated heterocycles. The number of hydrogen-bond acceptors (Lipinski definition) is 6. The fourth-order valence-electron chi connectivity index (χ4n) is 4.33. The van der Waals surface area contributed by atoms with Crippen LogP contribution in [0.15, 0.2) is 60.7 Å². The van der Waals surface area contributed by atoms with Gasteiger partial charge in [-0.15, -0.1) is 0 Å². The van der Waals surface area contributed by atoms with Crippen molar-refractivity contribution in [1.29, 1.82) is 0 Å². The lowest BCUT2D eigenvalue weighted by molar-refractivity contribution is -0.139. The molecule has 5 rings (SSSR count). The molecule has 0 saturated carbocycles. The van der Waals surface area contributed by atoms with Crippen molar-refractivity contribution in [3.05, 3.63) is 81.9 Å². The lowest BCUT2D eigenvalue weighted by Gasteiger charge is -2.26. The van der Waals surface area contributed by atoms with Crippen molar-refractivity contribution in [3.63, 3.8) is 0 Å². The number of ether oxygens (including phenoxy) is 2. The number of fused-ring (bicyclic) bond motifs is 1. The maximum atomic E-state index is 13.2. The number of hydrogen-bond donors (Lipinski definition) is 1. The highest BCUT2D eigenvalue weighted by Gasteiger charge is 2.46. The number of benzene rings is 2. The Hall–Kier alpha value is -3.49. The maximum absolute atomic E-state index is 13.2. The van der Waals surface area contributed by atoms with E-state index >= 15 is 0 Å². The van der Waals surface area contributed by atoms with Crippen LogP contribution in [-0.2, 0) is 16.1 Å². The molecule has 10 heteroatoms. The number of nitrogens with zero attached hydrogens (tertiary/aromatic N) is 3. The molecule has 3 aromatic rings. The molecule has 35 heavy (non-hydrogen) atoms. The maximum Gasteiger partial charge on any atom is 0.295 e. The van der Waals surface area contributed by atoms with E-state index in [0.29, 0.717) is 53.8 Å². The van der Waals surface area contributed by atoms with Crippen LogP contribution in [0.5, 0.6) is 11.5 Å². The Morgan fingerprint density at radius 1 is 1.03 bits per heavy atom. The van der Waals surface area contributed by atoms with Gasteiger partial charge in [-0.3, -0.25) is 9.59 Å². The summed E-state index contributed by atoms with van der Waals surface area (Å²) in [5, 5.41) is 11.9. The molecule has 1 aromatic heterocycles. The highest BCUT2D eigenvalue weighted by Crippen LogP contribution is 2.42. The average Bonchev–Trinajstić information content (AvgIpc) is 3.47. The van der Waals surface area contributed by atoms with Gasteiger partial charge in [0.2, 0.25) is 0 Å². The number of aliphatic hydroxyl groups excluding tert-OH is 1. The molecule has 2 aromatic carbocycles. The van der Waals surface area contributed by atoms with E-state index in [1.165, 1.54) is 4.90 Å². The summed E-state index contributed by atoms with van der Waals surface area (Å²) in [5.74, 6) is -0.745.